The third-order valence-electron chi connectivity index (χ3n) is 15.9. The molecule has 0 heterocycles. The molecule has 6 atom stereocenters. The largest absolute Gasteiger partial charge is 0.472 e. The molecule has 4 unspecified atom stereocenters. The molecule has 0 spiro atoms. The third-order valence-corrected chi connectivity index (χ3v) is 17.8. The Morgan fingerprint density at radius 3 is 0.816 bits per heavy atom. The Balaban J connectivity index is 5.24. The summed E-state index contributed by atoms with van der Waals surface area (Å²) in [7, 11) is -9.90. The van der Waals surface area contributed by atoms with Crippen LogP contribution in [0.5, 0.6) is 0 Å². The molecule has 0 aromatic heterocycles. The molecule has 0 saturated carbocycles. The standard InChI is InChI=1S/C68H132O17P2/c1-9-61(8)47-39-31-23-15-11-13-16-24-32-40-48-65(70)78-54-64(85-68(73)51-43-35-27-19-22-30-38-46-60(6)7)57-83-87(76,77)81-53-62(69)52-80-86(74,75)82-56-63(55-79-66(71)49-41-33-26-18-21-29-37-45-59(4)5)84-67(72)50-42-34-25-17-12-10-14-20-28-36-44-58(2)3/h58-64,69H,9-57H2,1-8H3,(H,74,75)(H,76,77)/t61?,62?,63-,64-/m1/s1. The normalized spacial score (nSPS) is 14.6. The number of phosphoric acid groups is 2. The number of hydrogen-bond acceptors (Lipinski definition) is 15. The SMILES string of the molecule is CCC(C)CCCCCCCCCCCCC(=O)OC[C@H](COP(=O)(O)OCC(O)COP(=O)(O)OC[C@@H](COC(=O)CCCCCCCCCC(C)C)OC(=O)CCCCCCCCCCCCC(C)C)OC(=O)CCCCCCCCCC(C)C. The summed E-state index contributed by atoms with van der Waals surface area (Å²) in [5, 5.41) is 10.6. The third kappa shape index (κ3) is 61.3. The van der Waals surface area contributed by atoms with Gasteiger partial charge in [-0.25, -0.2) is 9.13 Å². The van der Waals surface area contributed by atoms with Gasteiger partial charge in [-0.05, 0) is 49.4 Å². The lowest BCUT2D eigenvalue weighted by Crippen LogP contribution is -2.30. The molecule has 0 bridgehead atoms. The highest BCUT2D eigenvalue weighted by Gasteiger charge is 2.30. The number of carbonyl (C=O) groups excluding carboxylic acids is 4. The van der Waals surface area contributed by atoms with Gasteiger partial charge in [-0.15, -0.1) is 0 Å². The van der Waals surface area contributed by atoms with E-state index in [1.54, 1.807) is 0 Å². The molecule has 0 aromatic rings. The number of rotatable bonds is 65. The highest BCUT2D eigenvalue weighted by molar-refractivity contribution is 7.47. The lowest BCUT2D eigenvalue weighted by Gasteiger charge is -2.21. The van der Waals surface area contributed by atoms with Crippen LogP contribution in [0.15, 0.2) is 0 Å². The van der Waals surface area contributed by atoms with E-state index in [1.165, 1.54) is 128 Å². The average molecular weight is 1280 g/mol. The van der Waals surface area contributed by atoms with Crippen molar-refractivity contribution in [1.29, 1.82) is 0 Å². The zero-order chi connectivity index (χ0) is 64.7. The van der Waals surface area contributed by atoms with E-state index in [9.17, 15) is 43.2 Å². The molecule has 0 aliphatic carbocycles. The molecule has 0 fully saturated rings. The first-order valence-electron chi connectivity index (χ1n) is 35.2. The van der Waals surface area contributed by atoms with Gasteiger partial charge in [0.1, 0.15) is 19.3 Å². The van der Waals surface area contributed by atoms with Gasteiger partial charge >= 0.3 is 39.5 Å². The highest BCUT2D eigenvalue weighted by atomic mass is 31.2. The van der Waals surface area contributed by atoms with E-state index in [-0.39, 0.29) is 25.7 Å². The van der Waals surface area contributed by atoms with Crippen LogP contribution < -0.4 is 0 Å². The zero-order valence-corrected chi connectivity index (χ0v) is 58.4. The van der Waals surface area contributed by atoms with Crippen LogP contribution in [0.2, 0.25) is 0 Å². The van der Waals surface area contributed by atoms with Gasteiger partial charge in [0.05, 0.1) is 26.4 Å². The fraction of sp³-hybridized carbons (Fsp3) is 0.941. The minimum Gasteiger partial charge on any atom is -0.462 e. The van der Waals surface area contributed by atoms with Gasteiger partial charge in [0.25, 0.3) is 0 Å². The number of phosphoric ester groups is 2. The van der Waals surface area contributed by atoms with Crippen molar-refractivity contribution in [2.75, 3.05) is 39.6 Å². The fourth-order valence-corrected chi connectivity index (χ4v) is 11.7. The van der Waals surface area contributed by atoms with Gasteiger partial charge in [-0.2, -0.15) is 0 Å². The molecule has 17 nitrogen and oxygen atoms in total. The fourth-order valence-electron chi connectivity index (χ4n) is 10.1. The molecular weight excluding hydrogens is 1150 g/mol. The highest BCUT2D eigenvalue weighted by Crippen LogP contribution is 2.45. The number of ether oxygens (including phenoxy) is 4. The molecule has 87 heavy (non-hydrogen) atoms. The second-order valence-electron chi connectivity index (χ2n) is 26.2. The van der Waals surface area contributed by atoms with Crippen LogP contribution in [0.1, 0.15) is 331 Å². The number of esters is 4. The monoisotopic (exact) mass is 1280 g/mol. The number of carbonyl (C=O) groups is 4. The number of aliphatic hydroxyl groups excluding tert-OH is 1. The molecule has 516 valence electrons. The van der Waals surface area contributed by atoms with Crippen LogP contribution in [-0.2, 0) is 65.4 Å². The van der Waals surface area contributed by atoms with E-state index in [2.05, 4.69) is 55.4 Å². The van der Waals surface area contributed by atoms with E-state index >= 15 is 0 Å². The van der Waals surface area contributed by atoms with Gasteiger partial charge < -0.3 is 33.8 Å². The van der Waals surface area contributed by atoms with Crippen molar-refractivity contribution in [2.45, 2.75) is 350 Å². The molecule has 0 amide bonds. The topological polar surface area (TPSA) is 237 Å². The molecule has 0 saturated heterocycles. The molecule has 0 aromatic carbocycles. The summed E-state index contributed by atoms with van der Waals surface area (Å²) in [6, 6.07) is 0. The molecule has 0 radical (unpaired) electrons. The lowest BCUT2D eigenvalue weighted by atomic mass is 9.99. The number of unbranched alkanes of at least 4 members (excludes halogenated alkanes) is 30. The van der Waals surface area contributed by atoms with E-state index in [1.807, 2.05) is 0 Å². The summed E-state index contributed by atoms with van der Waals surface area (Å²) in [6.45, 7) is 14.0. The minimum absolute atomic E-state index is 0.103. The van der Waals surface area contributed by atoms with E-state index in [4.69, 9.17) is 37.0 Å². The van der Waals surface area contributed by atoms with E-state index in [0.29, 0.717) is 37.5 Å². The predicted octanol–water partition coefficient (Wildman–Crippen LogP) is 18.9. The minimum atomic E-state index is -4.95. The Hall–Kier alpha value is -1.94. The van der Waals surface area contributed by atoms with Crippen molar-refractivity contribution in [3.63, 3.8) is 0 Å². The van der Waals surface area contributed by atoms with Gasteiger partial charge in [0.15, 0.2) is 12.2 Å². The molecule has 3 N–H and O–H groups in total. The first kappa shape index (κ1) is 85.1. The molecule has 0 rings (SSSR count). The van der Waals surface area contributed by atoms with Crippen molar-refractivity contribution >= 4 is 39.5 Å². The average Bonchev–Trinajstić information content (AvgIpc) is 3.67. The van der Waals surface area contributed by atoms with E-state index in [0.717, 1.165) is 108 Å². The molecule has 0 aliphatic rings. The molecule has 0 aliphatic heterocycles. The number of hydrogen-bond donors (Lipinski definition) is 3. The van der Waals surface area contributed by atoms with Crippen molar-refractivity contribution < 1.29 is 80.2 Å². The van der Waals surface area contributed by atoms with Gasteiger partial charge in [0.2, 0.25) is 0 Å². The maximum Gasteiger partial charge on any atom is 0.472 e. The Bertz CT molecular complexity index is 1730. The van der Waals surface area contributed by atoms with Gasteiger partial charge in [0, 0.05) is 25.7 Å². The molecule has 19 heteroatoms. The van der Waals surface area contributed by atoms with Crippen LogP contribution in [0.25, 0.3) is 0 Å². The summed E-state index contributed by atoms with van der Waals surface area (Å²) in [5.74, 6) is 0.828. The van der Waals surface area contributed by atoms with Crippen molar-refractivity contribution in [2.24, 2.45) is 23.7 Å². The Kier molecular flexibility index (Phi) is 56.6. The Labute approximate surface area is 530 Å². The second kappa shape index (κ2) is 57.9. The zero-order valence-electron chi connectivity index (χ0n) is 56.6. The van der Waals surface area contributed by atoms with Crippen LogP contribution in [-0.4, -0.2) is 96.7 Å². The lowest BCUT2D eigenvalue weighted by molar-refractivity contribution is -0.161. The molecular formula is C68H132O17P2. The van der Waals surface area contributed by atoms with Crippen LogP contribution in [0, 0.1) is 23.7 Å². The quantitative estimate of drug-likeness (QED) is 0.0222. The van der Waals surface area contributed by atoms with E-state index < -0.39 is 97.5 Å². The van der Waals surface area contributed by atoms with Crippen LogP contribution in [0.4, 0.5) is 0 Å². The maximum absolute atomic E-state index is 13.0. The van der Waals surface area contributed by atoms with Crippen LogP contribution in [0.3, 0.4) is 0 Å². The first-order valence-corrected chi connectivity index (χ1v) is 38.2. The predicted molar refractivity (Wildman–Crippen MR) is 349 cm³/mol. The maximum atomic E-state index is 13.0. The summed E-state index contributed by atoms with van der Waals surface area (Å²) in [4.78, 5) is 72.4. The van der Waals surface area contributed by atoms with Crippen molar-refractivity contribution in [1.82, 2.24) is 0 Å². The smallest absolute Gasteiger partial charge is 0.462 e. The van der Waals surface area contributed by atoms with Crippen molar-refractivity contribution in [3.05, 3.63) is 0 Å². The van der Waals surface area contributed by atoms with Gasteiger partial charge in [-0.1, -0.05) is 280 Å². The van der Waals surface area contributed by atoms with Gasteiger partial charge in [-0.3, -0.25) is 37.3 Å². The van der Waals surface area contributed by atoms with Crippen molar-refractivity contribution in [3.8, 4) is 0 Å². The summed E-state index contributed by atoms with van der Waals surface area (Å²) in [6.07, 6.45) is 39.0. The summed E-state index contributed by atoms with van der Waals surface area (Å²) >= 11 is 0. The summed E-state index contributed by atoms with van der Waals surface area (Å²) < 4.78 is 68.2. The Morgan fingerprint density at radius 2 is 0.552 bits per heavy atom. The number of aliphatic hydroxyl groups is 1. The second-order valence-corrected chi connectivity index (χ2v) is 29.1. The first-order chi connectivity index (χ1) is 41.6. The Morgan fingerprint density at radius 1 is 0.322 bits per heavy atom. The summed E-state index contributed by atoms with van der Waals surface area (Å²) in [5.41, 5.74) is 0. The van der Waals surface area contributed by atoms with Crippen LogP contribution >= 0.6 is 15.6 Å².